The minimum atomic E-state index is -3.28. The summed E-state index contributed by atoms with van der Waals surface area (Å²) in [4.78, 5) is 11.9. The number of hydrogen-bond acceptors (Lipinski definition) is 3. The molecule has 1 atom stereocenters. The van der Waals surface area contributed by atoms with E-state index < -0.39 is 15.8 Å². The Morgan fingerprint density at radius 1 is 1.40 bits per heavy atom. The molecule has 2 rings (SSSR count). The van der Waals surface area contributed by atoms with E-state index in [2.05, 4.69) is 15.9 Å². The van der Waals surface area contributed by atoms with Gasteiger partial charge in [-0.3, -0.25) is 4.79 Å². The quantitative estimate of drug-likeness (QED) is 0.734. The first-order chi connectivity index (χ1) is 6.92. The topological polar surface area (TPSA) is 51.2 Å². The van der Waals surface area contributed by atoms with E-state index in [1.807, 2.05) is 0 Å². The number of sulfone groups is 1. The van der Waals surface area contributed by atoms with Crippen molar-refractivity contribution in [1.29, 1.82) is 0 Å². The molecule has 5 heteroatoms. The van der Waals surface area contributed by atoms with Crippen LogP contribution < -0.4 is 0 Å². The fourth-order valence-electron chi connectivity index (χ4n) is 1.73. The van der Waals surface area contributed by atoms with Crippen molar-refractivity contribution in [2.24, 2.45) is 5.92 Å². The summed E-state index contributed by atoms with van der Waals surface area (Å²) in [5, 5.41) is 0. The molecule has 15 heavy (non-hydrogen) atoms. The Hall–Kier alpha value is -0.680. The molecule has 0 saturated heterocycles. The lowest BCUT2D eigenvalue weighted by atomic mass is 10.0. The van der Waals surface area contributed by atoms with Crippen LogP contribution >= 0.6 is 15.9 Å². The van der Waals surface area contributed by atoms with Crippen LogP contribution in [0.5, 0.6) is 0 Å². The van der Waals surface area contributed by atoms with Crippen LogP contribution in [-0.2, 0) is 9.84 Å². The number of rotatable bonds is 0. The summed E-state index contributed by atoms with van der Waals surface area (Å²) in [6.45, 7) is 1.64. The van der Waals surface area contributed by atoms with Crippen molar-refractivity contribution >= 4 is 31.6 Å². The van der Waals surface area contributed by atoms with E-state index in [-0.39, 0.29) is 16.4 Å². The van der Waals surface area contributed by atoms with E-state index in [1.165, 1.54) is 6.07 Å². The van der Waals surface area contributed by atoms with Crippen molar-refractivity contribution in [3.05, 3.63) is 28.2 Å². The molecular weight excluding hydrogens is 280 g/mol. The lowest BCUT2D eigenvalue weighted by Crippen LogP contribution is -2.29. The second kappa shape index (κ2) is 3.42. The fourth-order valence-corrected chi connectivity index (χ4v) is 3.85. The van der Waals surface area contributed by atoms with Gasteiger partial charge in [0.05, 0.1) is 10.6 Å². The van der Waals surface area contributed by atoms with Gasteiger partial charge in [-0.05, 0) is 18.2 Å². The number of fused-ring (bicyclic) bond motifs is 1. The Balaban J connectivity index is 2.75. The summed E-state index contributed by atoms with van der Waals surface area (Å²) < 4.78 is 24.3. The number of carbonyl (C=O) groups is 1. The largest absolute Gasteiger partial charge is 0.294 e. The number of carbonyl (C=O) groups excluding carboxylic acids is 1. The number of halogens is 1. The van der Waals surface area contributed by atoms with Crippen molar-refractivity contribution in [1.82, 2.24) is 0 Å². The van der Waals surface area contributed by atoms with Crippen molar-refractivity contribution in [2.45, 2.75) is 11.8 Å². The predicted molar refractivity (Wildman–Crippen MR) is 59.7 cm³/mol. The summed E-state index contributed by atoms with van der Waals surface area (Å²) in [7, 11) is -3.28. The van der Waals surface area contributed by atoms with Crippen molar-refractivity contribution in [3.63, 3.8) is 0 Å². The molecule has 0 saturated carbocycles. The zero-order valence-electron chi connectivity index (χ0n) is 8.03. The Labute approximate surface area is 96.5 Å². The van der Waals surface area contributed by atoms with E-state index in [4.69, 9.17) is 0 Å². The molecule has 1 aliphatic rings. The highest BCUT2D eigenvalue weighted by molar-refractivity contribution is 9.10. The SMILES string of the molecule is CC1CS(=O)(=O)c2ccc(Br)cc2C1=O. The van der Waals surface area contributed by atoms with Gasteiger partial charge >= 0.3 is 0 Å². The highest BCUT2D eigenvalue weighted by atomic mass is 79.9. The predicted octanol–water partition coefficient (Wildman–Crippen LogP) is 2.06. The summed E-state index contributed by atoms with van der Waals surface area (Å²) in [6.07, 6.45) is 0. The molecule has 80 valence electrons. The van der Waals surface area contributed by atoms with Gasteiger partial charge in [0.25, 0.3) is 0 Å². The highest BCUT2D eigenvalue weighted by Gasteiger charge is 2.34. The normalized spacial score (nSPS) is 23.6. The van der Waals surface area contributed by atoms with Crippen LogP contribution in [0.4, 0.5) is 0 Å². The van der Waals surface area contributed by atoms with E-state index in [9.17, 15) is 13.2 Å². The molecule has 1 aromatic rings. The van der Waals surface area contributed by atoms with Crippen molar-refractivity contribution in [3.8, 4) is 0 Å². The smallest absolute Gasteiger partial charge is 0.179 e. The molecule has 0 radical (unpaired) electrons. The van der Waals surface area contributed by atoms with Crippen LogP contribution in [0.3, 0.4) is 0 Å². The summed E-state index contributed by atoms with van der Waals surface area (Å²) >= 11 is 3.23. The van der Waals surface area contributed by atoms with Crippen LogP contribution in [0.25, 0.3) is 0 Å². The first-order valence-corrected chi connectivity index (χ1v) is 6.93. The van der Waals surface area contributed by atoms with Gasteiger partial charge in [-0.1, -0.05) is 22.9 Å². The van der Waals surface area contributed by atoms with Crippen LogP contribution in [-0.4, -0.2) is 20.0 Å². The summed E-state index contributed by atoms with van der Waals surface area (Å²) in [5.74, 6) is -0.626. The molecular formula is C10H9BrO3S. The van der Waals surface area contributed by atoms with E-state index in [0.29, 0.717) is 5.56 Å². The zero-order valence-corrected chi connectivity index (χ0v) is 10.4. The zero-order chi connectivity index (χ0) is 11.2. The molecule has 1 aliphatic heterocycles. The van der Waals surface area contributed by atoms with Gasteiger partial charge in [-0.2, -0.15) is 0 Å². The first-order valence-electron chi connectivity index (χ1n) is 4.48. The lowest BCUT2D eigenvalue weighted by molar-refractivity contribution is 0.0933. The summed E-state index contributed by atoms with van der Waals surface area (Å²) in [5.41, 5.74) is 0.308. The van der Waals surface area contributed by atoms with Gasteiger partial charge in [0.2, 0.25) is 0 Å². The van der Waals surface area contributed by atoms with Crippen LogP contribution in [0.15, 0.2) is 27.6 Å². The van der Waals surface area contributed by atoms with Gasteiger partial charge in [0.1, 0.15) is 0 Å². The minimum Gasteiger partial charge on any atom is -0.294 e. The van der Waals surface area contributed by atoms with Gasteiger partial charge in [0.15, 0.2) is 15.6 Å². The molecule has 0 bridgehead atoms. The van der Waals surface area contributed by atoms with Crippen molar-refractivity contribution < 1.29 is 13.2 Å². The monoisotopic (exact) mass is 288 g/mol. The molecule has 0 fully saturated rings. The Morgan fingerprint density at radius 3 is 2.73 bits per heavy atom. The molecule has 1 heterocycles. The molecule has 1 unspecified atom stereocenters. The van der Waals surface area contributed by atoms with Crippen LogP contribution in [0.2, 0.25) is 0 Å². The van der Waals surface area contributed by atoms with E-state index in [1.54, 1.807) is 19.1 Å². The molecule has 0 aliphatic carbocycles. The third-order valence-electron chi connectivity index (χ3n) is 2.46. The van der Waals surface area contributed by atoms with Gasteiger partial charge in [-0.25, -0.2) is 8.42 Å². The Kier molecular flexibility index (Phi) is 2.47. The molecule has 1 aromatic carbocycles. The maximum Gasteiger partial charge on any atom is 0.179 e. The van der Waals surface area contributed by atoms with Crippen molar-refractivity contribution in [2.75, 3.05) is 5.75 Å². The molecule has 0 amide bonds. The molecule has 0 spiro atoms. The Morgan fingerprint density at radius 2 is 2.07 bits per heavy atom. The maximum absolute atomic E-state index is 11.8. The third kappa shape index (κ3) is 1.74. The molecule has 0 aromatic heterocycles. The minimum absolute atomic E-state index is 0.0829. The summed E-state index contributed by atoms with van der Waals surface area (Å²) in [6, 6.07) is 4.70. The van der Waals surface area contributed by atoms with Gasteiger partial charge in [-0.15, -0.1) is 0 Å². The number of benzene rings is 1. The third-order valence-corrected chi connectivity index (χ3v) is 4.92. The second-order valence-corrected chi connectivity index (χ2v) is 6.61. The highest BCUT2D eigenvalue weighted by Crippen LogP contribution is 2.30. The number of ketones is 1. The van der Waals surface area contributed by atoms with E-state index in [0.717, 1.165) is 4.47 Å². The van der Waals surface area contributed by atoms with Crippen LogP contribution in [0.1, 0.15) is 17.3 Å². The first kappa shape index (κ1) is 10.8. The average molecular weight is 289 g/mol. The average Bonchev–Trinajstić information content (AvgIpc) is 2.13. The molecule has 0 N–H and O–H groups in total. The number of Topliss-reactive ketones (excluding diaryl/α,β-unsaturated/α-hetero) is 1. The standard InChI is InChI=1S/C10H9BrO3S/c1-6-5-15(13,14)9-3-2-7(11)4-8(9)10(6)12/h2-4,6H,5H2,1H3. The van der Waals surface area contributed by atoms with E-state index >= 15 is 0 Å². The van der Waals surface area contributed by atoms with Gasteiger partial charge in [0, 0.05) is 16.0 Å². The maximum atomic E-state index is 11.8. The second-order valence-electron chi connectivity index (χ2n) is 3.69. The van der Waals surface area contributed by atoms with Gasteiger partial charge < -0.3 is 0 Å². The Bertz CT molecular complexity index is 534. The fraction of sp³-hybridized carbons (Fsp3) is 0.300. The van der Waals surface area contributed by atoms with Crippen LogP contribution in [0, 0.1) is 5.92 Å². The molecule has 3 nitrogen and oxygen atoms in total. The lowest BCUT2D eigenvalue weighted by Gasteiger charge is -2.20. The number of hydrogen-bond donors (Lipinski definition) is 0.